The summed E-state index contributed by atoms with van der Waals surface area (Å²) in [6, 6.07) is 6.29. The number of hydrogen-bond acceptors (Lipinski definition) is 5. The van der Waals surface area contributed by atoms with Gasteiger partial charge in [-0.25, -0.2) is 14.2 Å². The Morgan fingerprint density at radius 2 is 2.06 bits per heavy atom. The van der Waals surface area contributed by atoms with Crippen molar-refractivity contribution in [3.05, 3.63) is 64.1 Å². The number of H-pyrrole nitrogens is 1. The number of thiophene rings is 1. The van der Waals surface area contributed by atoms with Crippen LogP contribution < -0.4 is 5.32 Å². The smallest absolute Gasteiger partial charge is 0.222 e. The average Bonchev–Trinajstić information content (AvgIpc) is 3.36. The Labute approximate surface area is 189 Å². The van der Waals surface area contributed by atoms with E-state index in [1.165, 1.54) is 19.3 Å². The molecule has 0 bridgehead atoms. The van der Waals surface area contributed by atoms with Crippen molar-refractivity contribution in [1.29, 1.82) is 0 Å². The Hall–Kier alpha value is -3.32. The maximum atomic E-state index is 14.8. The maximum absolute atomic E-state index is 14.8. The molecule has 2 N–H and O–H groups in total. The SMILES string of the molecule is [C-]#[N+]c1c(-c2cc(NC(C)=O)ncc2F)sc(-c2nnc[nH]2)c1-c1ccc(Cl)cc1Cl. The number of halogens is 3. The highest BCUT2D eigenvalue weighted by atomic mass is 35.5. The summed E-state index contributed by atoms with van der Waals surface area (Å²) in [7, 11) is 0. The van der Waals surface area contributed by atoms with Gasteiger partial charge in [-0.3, -0.25) is 4.79 Å². The van der Waals surface area contributed by atoms with Crippen LogP contribution in [-0.2, 0) is 4.79 Å². The van der Waals surface area contributed by atoms with Crippen molar-refractivity contribution in [2.45, 2.75) is 6.92 Å². The van der Waals surface area contributed by atoms with Gasteiger partial charge < -0.3 is 10.3 Å². The van der Waals surface area contributed by atoms with Crippen LogP contribution in [0.5, 0.6) is 0 Å². The molecule has 0 aliphatic heterocycles. The Morgan fingerprint density at radius 1 is 1.26 bits per heavy atom. The monoisotopic (exact) mass is 472 g/mol. The zero-order chi connectivity index (χ0) is 22.1. The predicted octanol–water partition coefficient (Wildman–Crippen LogP) is 6.22. The normalized spacial score (nSPS) is 10.7. The van der Waals surface area contributed by atoms with E-state index in [1.54, 1.807) is 18.2 Å². The molecular formula is C20H11Cl2FN6OS. The molecule has 0 unspecified atom stereocenters. The first-order valence-electron chi connectivity index (χ1n) is 8.68. The zero-order valence-electron chi connectivity index (χ0n) is 15.7. The molecule has 7 nitrogen and oxygen atoms in total. The molecule has 31 heavy (non-hydrogen) atoms. The second kappa shape index (κ2) is 8.43. The molecule has 1 aromatic carbocycles. The number of carbonyl (C=O) groups is 1. The lowest BCUT2D eigenvalue weighted by Gasteiger charge is -2.08. The lowest BCUT2D eigenvalue weighted by atomic mass is 10.0. The highest BCUT2D eigenvalue weighted by Crippen LogP contribution is 2.53. The average molecular weight is 473 g/mol. The molecule has 0 atom stereocenters. The number of carbonyl (C=O) groups excluding carboxylic acids is 1. The van der Waals surface area contributed by atoms with Crippen molar-refractivity contribution in [2.75, 3.05) is 5.32 Å². The largest absolute Gasteiger partial charge is 0.327 e. The van der Waals surface area contributed by atoms with E-state index in [2.05, 4.69) is 30.3 Å². The molecule has 4 rings (SSSR count). The van der Waals surface area contributed by atoms with E-state index in [9.17, 15) is 9.18 Å². The lowest BCUT2D eigenvalue weighted by Crippen LogP contribution is -2.07. The Kier molecular flexibility index (Phi) is 5.69. The quantitative estimate of drug-likeness (QED) is 0.345. The zero-order valence-corrected chi connectivity index (χ0v) is 18.0. The van der Waals surface area contributed by atoms with Crippen LogP contribution in [0.2, 0.25) is 10.0 Å². The number of rotatable bonds is 4. The molecule has 3 heterocycles. The van der Waals surface area contributed by atoms with Crippen LogP contribution in [0.4, 0.5) is 15.9 Å². The van der Waals surface area contributed by atoms with Crippen LogP contribution >= 0.6 is 34.5 Å². The van der Waals surface area contributed by atoms with Crippen molar-refractivity contribution in [3.63, 3.8) is 0 Å². The molecule has 0 spiro atoms. The van der Waals surface area contributed by atoms with Crippen molar-refractivity contribution in [1.82, 2.24) is 20.2 Å². The summed E-state index contributed by atoms with van der Waals surface area (Å²) in [5, 5.41) is 11.2. The number of benzene rings is 1. The molecule has 11 heteroatoms. The minimum Gasteiger partial charge on any atom is -0.327 e. The van der Waals surface area contributed by atoms with E-state index in [1.807, 2.05) is 0 Å². The van der Waals surface area contributed by atoms with Crippen molar-refractivity contribution in [3.8, 4) is 32.3 Å². The van der Waals surface area contributed by atoms with E-state index in [4.69, 9.17) is 29.8 Å². The van der Waals surface area contributed by atoms with Crippen molar-refractivity contribution >= 4 is 52.0 Å². The maximum Gasteiger partial charge on any atom is 0.222 e. The second-order valence-electron chi connectivity index (χ2n) is 6.29. The summed E-state index contributed by atoms with van der Waals surface area (Å²) in [4.78, 5) is 22.8. The summed E-state index contributed by atoms with van der Waals surface area (Å²) >= 11 is 13.6. The second-order valence-corrected chi connectivity index (χ2v) is 8.15. The summed E-state index contributed by atoms with van der Waals surface area (Å²) in [6.07, 6.45) is 2.40. The Balaban J connectivity index is 2.02. The molecule has 4 aromatic rings. The number of aromatic amines is 1. The van der Waals surface area contributed by atoms with Crippen molar-refractivity contribution in [2.24, 2.45) is 0 Å². The molecule has 0 radical (unpaired) electrons. The van der Waals surface area contributed by atoms with Gasteiger partial charge in [0.1, 0.15) is 18.0 Å². The number of hydrogen-bond donors (Lipinski definition) is 2. The highest BCUT2D eigenvalue weighted by molar-refractivity contribution is 7.20. The molecule has 0 saturated carbocycles. The first kappa shape index (κ1) is 20.9. The van der Waals surface area contributed by atoms with Gasteiger partial charge in [-0.1, -0.05) is 29.3 Å². The van der Waals surface area contributed by atoms with Crippen LogP contribution in [0.15, 0.2) is 36.8 Å². The first-order valence-corrected chi connectivity index (χ1v) is 10.3. The van der Waals surface area contributed by atoms with Crippen LogP contribution in [0.1, 0.15) is 6.92 Å². The fraction of sp³-hybridized carbons (Fsp3) is 0.0500. The van der Waals surface area contributed by atoms with Gasteiger partial charge in [0.05, 0.1) is 17.6 Å². The van der Waals surface area contributed by atoms with E-state index in [-0.39, 0.29) is 23.0 Å². The molecule has 0 fully saturated rings. The first-order chi connectivity index (χ1) is 14.9. The minimum absolute atomic E-state index is 0.117. The minimum atomic E-state index is -0.641. The standard InChI is InChI=1S/C20H11Cl2FN6OS/c1-9(30)28-15-6-12(14(23)7-25-15)18-17(24-2)16(11-4-3-10(21)5-13(11)22)19(31-18)20-26-8-27-29-20/h3-8H,1H3,(H,25,28,30)(H,26,27,29). The molecular weight excluding hydrogens is 462 g/mol. The summed E-state index contributed by atoms with van der Waals surface area (Å²) in [6.45, 7) is 9.14. The van der Waals surface area contributed by atoms with Crippen molar-refractivity contribution < 1.29 is 9.18 Å². The van der Waals surface area contributed by atoms with E-state index in [0.717, 1.165) is 17.5 Å². The third-order valence-corrected chi connectivity index (χ3v) is 6.00. The van der Waals surface area contributed by atoms with Crippen LogP contribution in [0.3, 0.4) is 0 Å². The van der Waals surface area contributed by atoms with Gasteiger partial charge in [0.2, 0.25) is 11.6 Å². The van der Waals surface area contributed by atoms with Crippen LogP contribution in [-0.4, -0.2) is 26.1 Å². The summed E-state index contributed by atoms with van der Waals surface area (Å²) < 4.78 is 14.8. The third-order valence-electron chi connectivity index (χ3n) is 4.23. The predicted molar refractivity (Wildman–Crippen MR) is 119 cm³/mol. The molecule has 0 saturated heterocycles. The molecule has 0 aliphatic carbocycles. The van der Waals surface area contributed by atoms with Crippen LogP contribution in [0.25, 0.3) is 37.1 Å². The molecule has 0 aliphatic rings. The van der Waals surface area contributed by atoms with Gasteiger partial charge in [0.15, 0.2) is 5.82 Å². The van der Waals surface area contributed by atoms with Gasteiger partial charge in [-0.05, 0) is 23.8 Å². The fourth-order valence-corrected chi connectivity index (χ4v) is 4.72. The number of amides is 1. The molecule has 154 valence electrons. The Morgan fingerprint density at radius 3 is 2.71 bits per heavy atom. The Bertz CT molecular complexity index is 1350. The number of nitrogens with zero attached hydrogens (tertiary/aromatic N) is 4. The number of pyridine rings is 1. The fourth-order valence-electron chi connectivity index (χ4n) is 3.00. The van der Waals surface area contributed by atoms with Gasteiger partial charge in [0, 0.05) is 33.0 Å². The lowest BCUT2D eigenvalue weighted by molar-refractivity contribution is -0.114. The number of nitrogens with one attached hydrogen (secondary N) is 2. The van der Waals surface area contributed by atoms with E-state index < -0.39 is 5.82 Å². The van der Waals surface area contributed by atoms with Gasteiger partial charge in [0.25, 0.3) is 0 Å². The third kappa shape index (κ3) is 4.01. The van der Waals surface area contributed by atoms with Gasteiger partial charge in [-0.2, -0.15) is 0 Å². The van der Waals surface area contributed by atoms with E-state index >= 15 is 0 Å². The number of anilines is 1. The number of aromatic nitrogens is 4. The van der Waals surface area contributed by atoms with Gasteiger partial charge >= 0.3 is 0 Å². The van der Waals surface area contributed by atoms with Crippen LogP contribution in [0, 0.1) is 12.4 Å². The summed E-state index contributed by atoms with van der Waals surface area (Å²) in [5.41, 5.74) is 1.32. The van der Waals surface area contributed by atoms with E-state index in [0.29, 0.717) is 36.8 Å². The highest BCUT2D eigenvalue weighted by Gasteiger charge is 2.26. The molecule has 3 aromatic heterocycles. The summed E-state index contributed by atoms with van der Waals surface area (Å²) in [5.74, 6) is -0.421. The topological polar surface area (TPSA) is 87.9 Å². The van der Waals surface area contributed by atoms with Gasteiger partial charge in [-0.15, -0.1) is 21.5 Å². The molecule has 1 amide bonds.